The Morgan fingerprint density at radius 2 is 1.50 bits per heavy atom. The second-order valence-electron chi connectivity index (χ2n) is 3.33. The Morgan fingerprint density at radius 3 is 1.93 bits per heavy atom. The summed E-state index contributed by atoms with van der Waals surface area (Å²) in [5, 5.41) is 1.37. The molecular formula is C12H20IP. The van der Waals surface area contributed by atoms with E-state index in [0.29, 0.717) is 0 Å². The molecule has 1 unspecified atom stereocenters. The predicted molar refractivity (Wildman–Crippen MR) is 79.3 cm³/mol. The molecule has 1 aromatic rings. The van der Waals surface area contributed by atoms with E-state index in [2.05, 4.69) is 42.1 Å². The zero-order chi connectivity index (χ0) is 9.84. The van der Waals surface area contributed by atoms with Gasteiger partial charge >= 0.3 is 0 Å². The van der Waals surface area contributed by atoms with E-state index in [1.165, 1.54) is 16.4 Å². The highest BCUT2D eigenvalue weighted by Crippen LogP contribution is 2.17. The molecule has 1 atom stereocenters. The van der Waals surface area contributed by atoms with Gasteiger partial charge in [0.25, 0.3) is 0 Å². The molecule has 0 aliphatic carbocycles. The maximum Gasteiger partial charge on any atom is -0.0268 e. The lowest BCUT2D eigenvalue weighted by Crippen LogP contribution is -2.08. The maximum absolute atomic E-state index is 2.84. The van der Waals surface area contributed by atoms with Gasteiger partial charge in [-0.25, -0.2) is 0 Å². The van der Waals surface area contributed by atoms with Gasteiger partial charge in [-0.1, -0.05) is 32.9 Å². The molecule has 0 nitrogen and oxygen atoms in total. The summed E-state index contributed by atoms with van der Waals surface area (Å²) in [5.74, 6) is 0. The van der Waals surface area contributed by atoms with Gasteiger partial charge in [-0.05, 0) is 41.3 Å². The predicted octanol–water partition coefficient (Wildman–Crippen LogP) is 3.49. The van der Waals surface area contributed by atoms with Gasteiger partial charge in [-0.2, -0.15) is 0 Å². The lowest BCUT2D eigenvalue weighted by molar-refractivity contribution is 0.989. The lowest BCUT2D eigenvalue weighted by Gasteiger charge is -2.13. The van der Waals surface area contributed by atoms with Crippen LogP contribution >= 0.6 is 33.2 Å². The van der Waals surface area contributed by atoms with Crippen LogP contribution in [0.4, 0.5) is 0 Å². The van der Waals surface area contributed by atoms with Crippen molar-refractivity contribution in [1.29, 1.82) is 0 Å². The molecule has 0 saturated heterocycles. The Balaban J connectivity index is 0.00000169. The average Bonchev–Trinajstić information content (AvgIpc) is 2.17. The van der Waals surface area contributed by atoms with Crippen molar-refractivity contribution in [3.8, 4) is 0 Å². The van der Waals surface area contributed by atoms with Crippen molar-refractivity contribution in [2.45, 2.75) is 40.0 Å². The van der Waals surface area contributed by atoms with Gasteiger partial charge in [0.2, 0.25) is 0 Å². The van der Waals surface area contributed by atoms with E-state index >= 15 is 0 Å². The monoisotopic (exact) mass is 322 g/mol. The molecule has 0 aliphatic heterocycles. The summed E-state index contributed by atoms with van der Waals surface area (Å²) < 4.78 is 0. The van der Waals surface area contributed by atoms with Crippen LogP contribution in [0.5, 0.6) is 0 Å². The number of benzene rings is 1. The molecule has 0 N–H and O–H groups in total. The van der Waals surface area contributed by atoms with Crippen LogP contribution in [0.2, 0.25) is 0 Å². The van der Waals surface area contributed by atoms with E-state index in [9.17, 15) is 0 Å². The van der Waals surface area contributed by atoms with Crippen LogP contribution in [0.3, 0.4) is 0 Å². The molecule has 0 radical (unpaired) electrons. The van der Waals surface area contributed by atoms with Crippen molar-refractivity contribution in [2.75, 3.05) is 0 Å². The van der Waals surface area contributed by atoms with E-state index in [-0.39, 0.29) is 24.0 Å². The van der Waals surface area contributed by atoms with E-state index < -0.39 is 0 Å². The molecule has 0 saturated carbocycles. The molecule has 0 aromatic heterocycles. The van der Waals surface area contributed by atoms with E-state index in [1.54, 1.807) is 5.56 Å². The molecule has 1 rings (SSSR count). The summed E-state index contributed by atoms with van der Waals surface area (Å²) in [5.41, 5.74) is 4.62. The van der Waals surface area contributed by atoms with Crippen LogP contribution in [0, 0.1) is 0 Å². The zero-order valence-electron chi connectivity index (χ0n) is 9.26. The molecule has 80 valence electrons. The first kappa shape index (κ1) is 14.4. The van der Waals surface area contributed by atoms with Crippen molar-refractivity contribution >= 4 is 38.5 Å². The van der Waals surface area contributed by atoms with E-state index in [0.717, 1.165) is 19.3 Å². The minimum Gasteiger partial charge on any atom is -0.107 e. The van der Waals surface area contributed by atoms with Gasteiger partial charge in [0.1, 0.15) is 0 Å². The zero-order valence-corrected chi connectivity index (χ0v) is 12.7. The minimum absolute atomic E-state index is 0. The summed E-state index contributed by atoms with van der Waals surface area (Å²) in [7, 11) is 2.84. The summed E-state index contributed by atoms with van der Waals surface area (Å²) in [6.07, 6.45) is 3.46. The fourth-order valence-corrected chi connectivity index (χ4v) is 2.42. The average molecular weight is 322 g/mol. The van der Waals surface area contributed by atoms with Crippen LogP contribution in [0.1, 0.15) is 37.5 Å². The number of hydrogen-bond donors (Lipinski definition) is 0. The SMILES string of the molecule is CCc1ccc(P)c(CC)c1CC.I. The molecular weight excluding hydrogens is 302 g/mol. The summed E-state index contributed by atoms with van der Waals surface area (Å²) in [6, 6.07) is 4.49. The Labute approximate surface area is 107 Å². The highest BCUT2D eigenvalue weighted by Gasteiger charge is 2.06. The van der Waals surface area contributed by atoms with Gasteiger partial charge in [0.15, 0.2) is 0 Å². The second kappa shape index (κ2) is 6.79. The van der Waals surface area contributed by atoms with Crippen LogP contribution in [-0.4, -0.2) is 0 Å². The Morgan fingerprint density at radius 1 is 0.929 bits per heavy atom. The van der Waals surface area contributed by atoms with Gasteiger partial charge in [-0.15, -0.1) is 33.2 Å². The van der Waals surface area contributed by atoms with E-state index in [4.69, 9.17) is 0 Å². The summed E-state index contributed by atoms with van der Waals surface area (Å²) in [4.78, 5) is 0. The third-order valence-corrected chi connectivity index (χ3v) is 3.19. The molecule has 0 bridgehead atoms. The summed E-state index contributed by atoms with van der Waals surface area (Å²) in [6.45, 7) is 6.72. The Kier molecular flexibility index (Phi) is 6.97. The second-order valence-corrected chi connectivity index (χ2v) is 3.95. The van der Waals surface area contributed by atoms with Gasteiger partial charge in [0, 0.05) is 0 Å². The number of hydrogen-bond acceptors (Lipinski definition) is 0. The molecule has 0 aliphatic rings. The third kappa shape index (κ3) is 2.93. The van der Waals surface area contributed by atoms with Gasteiger partial charge in [0.05, 0.1) is 0 Å². The molecule has 2 heteroatoms. The quantitative estimate of drug-likeness (QED) is 0.590. The first-order valence-corrected chi connectivity index (χ1v) is 5.71. The smallest absolute Gasteiger partial charge is 0.0268 e. The lowest BCUT2D eigenvalue weighted by atomic mass is 9.96. The molecule has 1 aromatic carbocycles. The Hall–Kier alpha value is 0.380. The third-order valence-electron chi connectivity index (χ3n) is 2.65. The van der Waals surface area contributed by atoms with Crippen LogP contribution in [-0.2, 0) is 19.3 Å². The fourth-order valence-electron chi connectivity index (χ4n) is 1.95. The highest BCUT2D eigenvalue weighted by molar-refractivity contribution is 14.0. The van der Waals surface area contributed by atoms with Crippen molar-refractivity contribution in [2.24, 2.45) is 0 Å². The van der Waals surface area contributed by atoms with Gasteiger partial charge < -0.3 is 0 Å². The van der Waals surface area contributed by atoms with Gasteiger partial charge in [-0.3, -0.25) is 0 Å². The molecule has 0 spiro atoms. The number of halogens is 1. The normalized spacial score (nSPS) is 9.71. The molecule has 0 fully saturated rings. The first-order valence-electron chi connectivity index (χ1n) is 5.13. The number of aryl methyl sites for hydroxylation is 1. The van der Waals surface area contributed by atoms with Crippen LogP contribution < -0.4 is 5.30 Å². The van der Waals surface area contributed by atoms with Crippen molar-refractivity contribution in [1.82, 2.24) is 0 Å². The maximum atomic E-state index is 2.84. The van der Waals surface area contributed by atoms with Crippen molar-refractivity contribution < 1.29 is 0 Å². The first-order chi connectivity index (χ1) is 6.24. The van der Waals surface area contributed by atoms with Crippen molar-refractivity contribution in [3.05, 3.63) is 28.8 Å². The summed E-state index contributed by atoms with van der Waals surface area (Å²) >= 11 is 0. The van der Waals surface area contributed by atoms with Crippen molar-refractivity contribution in [3.63, 3.8) is 0 Å². The fraction of sp³-hybridized carbons (Fsp3) is 0.500. The highest BCUT2D eigenvalue weighted by atomic mass is 127. The Bertz CT molecular complexity index is 295. The van der Waals surface area contributed by atoms with Crippen LogP contribution in [0.15, 0.2) is 12.1 Å². The van der Waals surface area contributed by atoms with Crippen LogP contribution in [0.25, 0.3) is 0 Å². The van der Waals surface area contributed by atoms with E-state index in [1.807, 2.05) is 0 Å². The molecule has 0 heterocycles. The number of rotatable bonds is 3. The topological polar surface area (TPSA) is 0 Å². The minimum atomic E-state index is 0. The molecule has 0 amide bonds. The largest absolute Gasteiger partial charge is 0.107 e. The standard InChI is InChI=1S/C12H19P.HI/c1-4-9-7-8-12(13)11(6-3)10(9)5-2;/h7-8H,4-6,13H2,1-3H3;1H. The molecule has 14 heavy (non-hydrogen) atoms.